The minimum Gasteiger partial charge on any atom is -0.497 e. The summed E-state index contributed by atoms with van der Waals surface area (Å²) < 4.78 is 6.80. The van der Waals surface area contributed by atoms with E-state index in [4.69, 9.17) is 4.74 Å². The number of aromatic nitrogens is 3. The molecule has 1 aromatic carbocycles. The number of benzene rings is 1. The third-order valence-electron chi connectivity index (χ3n) is 4.73. The van der Waals surface area contributed by atoms with E-state index in [1.165, 1.54) is 0 Å². The lowest BCUT2D eigenvalue weighted by molar-refractivity contribution is -0.117. The molecule has 1 fully saturated rings. The number of aryl methyl sites for hydroxylation is 1. The van der Waals surface area contributed by atoms with Crippen molar-refractivity contribution in [3.05, 3.63) is 35.7 Å². The van der Waals surface area contributed by atoms with Crippen LogP contribution in [0.15, 0.2) is 24.3 Å². The molecule has 0 bridgehead atoms. The Morgan fingerprint density at radius 2 is 2.00 bits per heavy atom. The number of carbonyl (C=O) groups excluding carboxylic acids is 1. The molecule has 1 aliphatic heterocycles. The second-order valence-corrected chi connectivity index (χ2v) is 6.43. The van der Waals surface area contributed by atoms with Crippen molar-refractivity contribution in [2.24, 2.45) is 7.05 Å². The van der Waals surface area contributed by atoms with Crippen LogP contribution in [0.2, 0.25) is 0 Å². The molecule has 1 atom stereocenters. The molecule has 2 aromatic rings. The maximum Gasteiger partial charge on any atom is 0.233 e. The second kappa shape index (κ2) is 7.65. The van der Waals surface area contributed by atoms with Gasteiger partial charge in [0.2, 0.25) is 11.9 Å². The summed E-state index contributed by atoms with van der Waals surface area (Å²) in [5.74, 6) is 2.06. The van der Waals surface area contributed by atoms with Crippen molar-refractivity contribution in [2.45, 2.75) is 31.6 Å². The molecule has 1 aliphatic rings. The van der Waals surface area contributed by atoms with E-state index in [2.05, 4.69) is 20.7 Å². The SMILES string of the molecule is COc1ccc(C(C)C(=O)Nc2nc(C3CCNCC3)nn2C)cc1. The van der Waals surface area contributed by atoms with Gasteiger partial charge in [-0.1, -0.05) is 12.1 Å². The van der Waals surface area contributed by atoms with E-state index in [0.717, 1.165) is 43.1 Å². The number of anilines is 1. The summed E-state index contributed by atoms with van der Waals surface area (Å²) in [5.41, 5.74) is 0.930. The third-order valence-corrected chi connectivity index (χ3v) is 4.73. The number of nitrogens with one attached hydrogen (secondary N) is 2. The minimum atomic E-state index is -0.287. The van der Waals surface area contributed by atoms with Crippen LogP contribution in [0.1, 0.15) is 43.0 Å². The Hall–Kier alpha value is -2.41. The van der Waals surface area contributed by atoms with E-state index in [9.17, 15) is 4.79 Å². The summed E-state index contributed by atoms with van der Waals surface area (Å²) in [5, 5.41) is 10.7. The first-order valence-electron chi connectivity index (χ1n) is 8.65. The van der Waals surface area contributed by atoms with Crippen molar-refractivity contribution in [1.29, 1.82) is 0 Å². The number of carbonyl (C=O) groups is 1. The maximum absolute atomic E-state index is 12.6. The summed E-state index contributed by atoms with van der Waals surface area (Å²) in [6.07, 6.45) is 2.05. The van der Waals surface area contributed by atoms with Gasteiger partial charge in [-0.2, -0.15) is 10.1 Å². The standard InChI is InChI=1S/C18H25N5O2/c1-12(13-4-6-15(25-3)7-5-13)17(24)21-18-20-16(22-23(18)2)14-8-10-19-11-9-14/h4-7,12,14,19H,8-11H2,1-3H3,(H,20,21,22,24). The number of methoxy groups -OCH3 is 1. The highest BCUT2D eigenvalue weighted by Gasteiger charge is 2.22. The van der Waals surface area contributed by atoms with E-state index in [0.29, 0.717) is 11.9 Å². The van der Waals surface area contributed by atoms with E-state index >= 15 is 0 Å². The van der Waals surface area contributed by atoms with E-state index in [1.54, 1.807) is 11.8 Å². The average Bonchev–Trinajstić information content (AvgIpc) is 3.02. The molecule has 7 heteroatoms. The van der Waals surface area contributed by atoms with Crippen molar-refractivity contribution < 1.29 is 9.53 Å². The van der Waals surface area contributed by atoms with Gasteiger partial charge in [-0.25, -0.2) is 4.68 Å². The highest BCUT2D eigenvalue weighted by Crippen LogP contribution is 2.24. The quantitative estimate of drug-likeness (QED) is 0.868. The van der Waals surface area contributed by atoms with Gasteiger partial charge in [-0.15, -0.1) is 0 Å². The van der Waals surface area contributed by atoms with Crippen LogP contribution in [0.25, 0.3) is 0 Å². The molecular formula is C18H25N5O2. The lowest BCUT2D eigenvalue weighted by Crippen LogP contribution is -2.27. The van der Waals surface area contributed by atoms with Gasteiger partial charge in [0, 0.05) is 13.0 Å². The first kappa shape index (κ1) is 17.4. The van der Waals surface area contributed by atoms with Crippen LogP contribution < -0.4 is 15.4 Å². The van der Waals surface area contributed by atoms with Crippen LogP contribution in [0.4, 0.5) is 5.95 Å². The van der Waals surface area contributed by atoms with Crippen molar-refractivity contribution in [1.82, 2.24) is 20.1 Å². The van der Waals surface area contributed by atoms with Gasteiger partial charge in [-0.05, 0) is 50.6 Å². The number of rotatable bonds is 5. The van der Waals surface area contributed by atoms with Gasteiger partial charge in [-0.3, -0.25) is 10.1 Å². The Kier molecular flexibility index (Phi) is 5.33. The van der Waals surface area contributed by atoms with Crippen LogP contribution >= 0.6 is 0 Å². The summed E-state index contributed by atoms with van der Waals surface area (Å²) in [6, 6.07) is 7.52. The van der Waals surface area contributed by atoms with E-state index in [-0.39, 0.29) is 11.8 Å². The molecule has 0 spiro atoms. The van der Waals surface area contributed by atoms with Gasteiger partial charge in [0.25, 0.3) is 0 Å². The number of nitrogens with zero attached hydrogens (tertiary/aromatic N) is 3. The zero-order valence-electron chi connectivity index (χ0n) is 15.0. The summed E-state index contributed by atoms with van der Waals surface area (Å²) in [4.78, 5) is 17.1. The molecule has 0 radical (unpaired) electrons. The molecule has 25 heavy (non-hydrogen) atoms. The molecule has 3 rings (SSSR count). The highest BCUT2D eigenvalue weighted by molar-refractivity contribution is 5.94. The number of amides is 1. The Morgan fingerprint density at radius 3 is 2.64 bits per heavy atom. The summed E-state index contributed by atoms with van der Waals surface area (Å²) >= 11 is 0. The van der Waals surface area contributed by atoms with Gasteiger partial charge in [0.05, 0.1) is 13.0 Å². The predicted molar refractivity (Wildman–Crippen MR) is 95.9 cm³/mol. The van der Waals surface area contributed by atoms with Gasteiger partial charge in [0.1, 0.15) is 5.75 Å². The Bertz CT molecular complexity index is 720. The van der Waals surface area contributed by atoms with Crippen LogP contribution in [-0.2, 0) is 11.8 Å². The summed E-state index contributed by atoms with van der Waals surface area (Å²) in [7, 11) is 3.43. The van der Waals surface area contributed by atoms with Crippen molar-refractivity contribution in [3.63, 3.8) is 0 Å². The van der Waals surface area contributed by atoms with Crippen LogP contribution in [0.5, 0.6) is 5.75 Å². The molecule has 134 valence electrons. The Labute approximate surface area is 147 Å². The number of piperidine rings is 1. The van der Waals surface area contributed by atoms with Gasteiger partial charge < -0.3 is 10.1 Å². The minimum absolute atomic E-state index is 0.0995. The lowest BCUT2D eigenvalue weighted by Gasteiger charge is -2.19. The monoisotopic (exact) mass is 343 g/mol. The normalized spacial score (nSPS) is 16.4. The second-order valence-electron chi connectivity index (χ2n) is 6.43. The van der Waals surface area contributed by atoms with E-state index in [1.807, 2.05) is 38.2 Å². The molecule has 2 heterocycles. The molecule has 1 aromatic heterocycles. The van der Waals surface area contributed by atoms with Crippen LogP contribution in [0, 0.1) is 0 Å². The first-order chi connectivity index (χ1) is 12.1. The van der Waals surface area contributed by atoms with Gasteiger partial charge in [0.15, 0.2) is 5.82 Å². The highest BCUT2D eigenvalue weighted by atomic mass is 16.5. The molecule has 1 amide bonds. The summed E-state index contributed by atoms with van der Waals surface area (Å²) in [6.45, 7) is 3.85. The largest absolute Gasteiger partial charge is 0.497 e. The fraction of sp³-hybridized carbons (Fsp3) is 0.500. The Balaban J connectivity index is 1.68. The van der Waals surface area contributed by atoms with Crippen LogP contribution in [-0.4, -0.2) is 40.9 Å². The molecular weight excluding hydrogens is 318 g/mol. The van der Waals surface area contributed by atoms with Crippen LogP contribution in [0.3, 0.4) is 0 Å². The fourth-order valence-corrected chi connectivity index (χ4v) is 3.03. The van der Waals surface area contributed by atoms with Crippen molar-refractivity contribution >= 4 is 11.9 Å². The van der Waals surface area contributed by atoms with E-state index < -0.39 is 0 Å². The molecule has 0 saturated carbocycles. The molecule has 7 nitrogen and oxygen atoms in total. The zero-order chi connectivity index (χ0) is 17.8. The molecule has 1 unspecified atom stereocenters. The number of hydrogen-bond donors (Lipinski definition) is 2. The molecule has 0 aliphatic carbocycles. The topological polar surface area (TPSA) is 81.1 Å². The maximum atomic E-state index is 12.6. The number of hydrogen-bond acceptors (Lipinski definition) is 5. The zero-order valence-corrected chi connectivity index (χ0v) is 15.0. The lowest BCUT2D eigenvalue weighted by atomic mass is 9.98. The fourth-order valence-electron chi connectivity index (χ4n) is 3.03. The van der Waals surface area contributed by atoms with Crippen molar-refractivity contribution in [3.8, 4) is 5.75 Å². The smallest absolute Gasteiger partial charge is 0.233 e. The first-order valence-corrected chi connectivity index (χ1v) is 8.65. The third kappa shape index (κ3) is 3.99. The molecule has 2 N–H and O–H groups in total. The van der Waals surface area contributed by atoms with Gasteiger partial charge >= 0.3 is 0 Å². The van der Waals surface area contributed by atoms with Crippen molar-refractivity contribution in [2.75, 3.05) is 25.5 Å². The molecule has 1 saturated heterocycles. The Morgan fingerprint density at radius 1 is 1.32 bits per heavy atom. The number of ether oxygens (including phenoxy) is 1. The predicted octanol–water partition coefficient (Wildman–Crippen LogP) is 2.03. The average molecular weight is 343 g/mol.